The predicted octanol–water partition coefficient (Wildman–Crippen LogP) is 0.804. The molecule has 2 N–H and O–H groups in total. The van der Waals surface area contributed by atoms with Gasteiger partial charge in [-0.1, -0.05) is 12.2 Å². The summed E-state index contributed by atoms with van der Waals surface area (Å²) < 4.78 is 5.06. The first-order chi connectivity index (χ1) is 4.34. The Bertz CT molecular complexity index is 149. The Morgan fingerprint density at radius 1 is 1.78 bits per heavy atom. The van der Waals surface area contributed by atoms with Gasteiger partial charge in [0.25, 0.3) is 0 Å². The zero-order valence-corrected chi connectivity index (χ0v) is 5.50. The molecule has 0 aromatic heterocycles. The molecule has 9 heavy (non-hydrogen) atoms. The number of nitrogens with two attached hydrogens (primary N) is 1. The third kappa shape index (κ3) is 1.33. The van der Waals surface area contributed by atoms with Gasteiger partial charge >= 0.3 is 0 Å². The Morgan fingerprint density at radius 2 is 2.56 bits per heavy atom. The molecule has 1 aliphatic rings. The van der Waals surface area contributed by atoms with Crippen LogP contribution in [0, 0.1) is 0 Å². The van der Waals surface area contributed by atoms with Crippen molar-refractivity contribution in [1.82, 2.24) is 0 Å². The molecule has 1 aliphatic carbocycles. The predicted molar refractivity (Wildman–Crippen MR) is 36.8 cm³/mol. The van der Waals surface area contributed by atoms with E-state index in [0.717, 1.165) is 12.1 Å². The standard InChI is InChI=1S/C7H11NO/c1-9-7-5-3-2-4-6(7)8/h2-4,7H,5,8H2,1H3. The molecule has 0 fully saturated rings. The summed E-state index contributed by atoms with van der Waals surface area (Å²) in [6.07, 6.45) is 6.88. The zero-order valence-electron chi connectivity index (χ0n) is 5.50. The van der Waals surface area contributed by atoms with Gasteiger partial charge in [-0.15, -0.1) is 0 Å². The van der Waals surface area contributed by atoms with E-state index in [4.69, 9.17) is 10.5 Å². The largest absolute Gasteiger partial charge is 0.400 e. The second-order valence-electron chi connectivity index (χ2n) is 2.05. The Morgan fingerprint density at radius 3 is 3.00 bits per heavy atom. The summed E-state index contributed by atoms with van der Waals surface area (Å²) in [5.74, 6) is 0. The minimum absolute atomic E-state index is 0.106. The van der Waals surface area contributed by atoms with E-state index in [1.165, 1.54) is 0 Å². The van der Waals surface area contributed by atoms with Crippen LogP contribution in [0.4, 0.5) is 0 Å². The van der Waals surface area contributed by atoms with Gasteiger partial charge in [0.15, 0.2) is 0 Å². The van der Waals surface area contributed by atoms with Crippen molar-refractivity contribution < 1.29 is 4.74 Å². The van der Waals surface area contributed by atoms with Crippen LogP contribution in [0.1, 0.15) is 6.42 Å². The van der Waals surface area contributed by atoms with Crippen LogP contribution in [0.15, 0.2) is 23.9 Å². The van der Waals surface area contributed by atoms with Gasteiger partial charge in [-0.25, -0.2) is 0 Å². The SMILES string of the molecule is COC1CC=CC=C1N. The van der Waals surface area contributed by atoms with E-state index in [9.17, 15) is 0 Å². The monoisotopic (exact) mass is 125 g/mol. The third-order valence-electron chi connectivity index (χ3n) is 1.43. The number of hydrogen-bond donors (Lipinski definition) is 1. The maximum Gasteiger partial charge on any atom is 0.0997 e. The molecule has 0 aromatic carbocycles. The molecule has 0 radical (unpaired) electrons. The van der Waals surface area contributed by atoms with Crippen LogP contribution < -0.4 is 5.73 Å². The first kappa shape index (κ1) is 6.36. The molecule has 0 amide bonds. The smallest absolute Gasteiger partial charge is 0.0997 e. The molecule has 0 spiro atoms. The molecule has 0 saturated carbocycles. The Labute approximate surface area is 55.0 Å². The number of ether oxygens (including phenoxy) is 1. The fraction of sp³-hybridized carbons (Fsp3) is 0.429. The molecule has 2 nitrogen and oxygen atoms in total. The molecule has 1 rings (SSSR count). The fourth-order valence-electron chi connectivity index (χ4n) is 0.857. The second-order valence-corrected chi connectivity index (χ2v) is 2.05. The third-order valence-corrected chi connectivity index (χ3v) is 1.43. The molecule has 0 aliphatic heterocycles. The lowest BCUT2D eigenvalue weighted by atomic mass is 10.1. The Balaban J connectivity index is 2.59. The summed E-state index contributed by atoms with van der Waals surface area (Å²) in [6, 6.07) is 0. The summed E-state index contributed by atoms with van der Waals surface area (Å²) in [7, 11) is 1.67. The van der Waals surface area contributed by atoms with Gasteiger partial charge in [0.05, 0.1) is 6.10 Å². The molecular weight excluding hydrogens is 114 g/mol. The van der Waals surface area contributed by atoms with Crippen molar-refractivity contribution in [3.8, 4) is 0 Å². The van der Waals surface area contributed by atoms with Crippen molar-refractivity contribution >= 4 is 0 Å². The highest BCUT2D eigenvalue weighted by Gasteiger charge is 2.09. The summed E-state index contributed by atoms with van der Waals surface area (Å²) in [4.78, 5) is 0. The number of allylic oxidation sites excluding steroid dienone is 2. The van der Waals surface area contributed by atoms with Crippen LogP contribution in [0.25, 0.3) is 0 Å². The molecule has 0 aromatic rings. The number of methoxy groups -OCH3 is 1. The van der Waals surface area contributed by atoms with Gasteiger partial charge in [0.1, 0.15) is 0 Å². The van der Waals surface area contributed by atoms with E-state index in [-0.39, 0.29) is 6.10 Å². The summed E-state index contributed by atoms with van der Waals surface area (Å²) >= 11 is 0. The van der Waals surface area contributed by atoms with Crippen molar-refractivity contribution in [2.45, 2.75) is 12.5 Å². The van der Waals surface area contributed by atoms with Gasteiger partial charge < -0.3 is 10.5 Å². The van der Waals surface area contributed by atoms with E-state index in [1.54, 1.807) is 7.11 Å². The quantitative estimate of drug-likeness (QED) is 0.562. The van der Waals surface area contributed by atoms with Gasteiger partial charge in [-0.2, -0.15) is 0 Å². The maximum absolute atomic E-state index is 5.57. The Kier molecular flexibility index (Phi) is 1.90. The lowest BCUT2D eigenvalue weighted by Crippen LogP contribution is -2.20. The molecule has 1 atom stereocenters. The van der Waals surface area contributed by atoms with Crippen LogP contribution in [-0.2, 0) is 4.74 Å². The van der Waals surface area contributed by atoms with Crippen LogP contribution in [0.5, 0.6) is 0 Å². The van der Waals surface area contributed by atoms with Crippen molar-refractivity contribution in [3.05, 3.63) is 23.9 Å². The molecule has 0 heterocycles. The molecule has 1 unspecified atom stereocenters. The highest BCUT2D eigenvalue weighted by Crippen LogP contribution is 2.10. The van der Waals surface area contributed by atoms with Crippen molar-refractivity contribution in [2.24, 2.45) is 5.73 Å². The van der Waals surface area contributed by atoms with E-state index >= 15 is 0 Å². The van der Waals surface area contributed by atoms with Gasteiger partial charge in [0, 0.05) is 12.8 Å². The molecule has 0 bridgehead atoms. The van der Waals surface area contributed by atoms with E-state index < -0.39 is 0 Å². The molecular formula is C7H11NO. The minimum Gasteiger partial charge on any atom is -0.400 e. The minimum atomic E-state index is 0.106. The average Bonchev–Trinajstić information content (AvgIpc) is 1.89. The molecule has 0 saturated heterocycles. The zero-order chi connectivity index (χ0) is 6.69. The van der Waals surface area contributed by atoms with E-state index in [2.05, 4.69) is 0 Å². The fourth-order valence-corrected chi connectivity index (χ4v) is 0.857. The summed E-state index contributed by atoms with van der Waals surface area (Å²) in [5.41, 5.74) is 6.39. The van der Waals surface area contributed by atoms with Gasteiger partial charge in [-0.3, -0.25) is 0 Å². The first-order valence-electron chi connectivity index (χ1n) is 2.99. The van der Waals surface area contributed by atoms with Crippen LogP contribution in [-0.4, -0.2) is 13.2 Å². The summed E-state index contributed by atoms with van der Waals surface area (Å²) in [5, 5.41) is 0. The highest BCUT2D eigenvalue weighted by atomic mass is 16.5. The second kappa shape index (κ2) is 2.69. The normalized spacial score (nSPS) is 25.9. The van der Waals surface area contributed by atoms with E-state index in [0.29, 0.717) is 0 Å². The molecule has 2 heteroatoms. The van der Waals surface area contributed by atoms with Crippen LogP contribution >= 0.6 is 0 Å². The molecule has 50 valence electrons. The summed E-state index contributed by atoms with van der Waals surface area (Å²) in [6.45, 7) is 0. The van der Waals surface area contributed by atoms with Crippen LogP contribution in [0.2, 0.25) is 0 Å². The van der Waals surface area contributed by atoms with Crippen molar-refractivity contribution in [3.63, 3.8) is 0 Å². The van der Waals surface area contributed by atoms with Gasteiger partial charge in [-0.05, 0) is 12.5 Å². The number of hydrogen-bond acceptors (Lipinski definition) is 2. The number of rotatable bonds is 1. The van der Waals surface area contributed by atoms with Crippen LogP contribution in [0.3, 0.4) is 0 Å². The Hall–Kier alpha value is -0.760. The average molecular weight is 125 g/mol. The lowest BCUT2D eigenvalue weighted by Gasteiger charge is -2.15. The first-order valence-corrected chi connectivity index (χ1v) is 2.99. The van der Waals surface area contributed by atoms with Crippen molar-refractivity contribution in [1.29, 1.82) is 0 Å². The lowest BCUT2D eigenvalue weighted by molar-refractivity contribution is 0.132. The highest BCUT2D eigenvalue weighted by molar-refractivity contribution is 5.19. The topological polar surface area (TPSA) is 35.2 Å². The maximum atomic E-state index is 5.57. The van der Waals surface area contributed by atoms with Crippen molar-refractivity contribution in [2.75, 3.05) is 7.11 Å². The van der Waals surface area contributed by atoms with E-state index in [1.807, 2.05) is 18.2 Å². The van der Waals surface area contributed by atoms with Gasteiger partial charge in [0.2, 0.25) is 0 Å².